The summed E-state index contributed by atoms with van der Waals surface area (Å²) < 4.78 is 0. The van der Waals surface area contributed by atoms with Crippen LogP contribution in [0, 0.1) is 0 Å². The van der Waals surface area contributed by atoms with Crippen molar-refractivity contribution >= 4 is 5.71 Å². The molecule has 0 bridgehead atoms. The Morgan fingerprint density at radius 2 is 1.87 bits per heavy atom. The van der Waals surface area contributed by atoms with Crippen molar-refractivity contribution in [2.45, 2.75) is 59.9 Å². The lowest BCUT2D eigenvalue weighted by Gasteiger charge is -2.13. The van der Waals surface area contributed by atoms with Gasteiger partial charge in [0.15, 0.2) is 0 Å². The molecular weight excluding hydrogens is 184 g/mol. The molecule has 1 N–H and O–H groups in total. The Kier molecular flexibility index (Phi) is 6.30. The number of unbranched alkanes of at least 4 members (excludes halogenated alkanes) is 1. The maximum Gasteiger partial charge on any atom is 0.0527 e. The van der Waals surface area contributed by atoms with Crippen LogP contribution in [0.25, 0.3) is 0 Å². The standard InChI is InChI=1S/C13H26N2/c1-7-8-9-14-11(2)10-12(3)15-13(4,5)6/h10,14H,7-9H2,1-6H3. The second-order valence-corrected chi connectivity index (χ2v) is 5.03. The lowest BCUT2D eigenvalue weighted by atomic mass is 10.1. The first-order chi connectivity index (χ1) is 6.85. The molecule has 0 radical (unpaired) electrons. The fourth-order valence-electron chi connectivity index (χ4n) is 1.39. The van der Waals surface area contributed by atoms with Crippen LogP contribution in [0.15, 0.2) is 16.8 Å². The maximum absolute atomic E-state index is 4.58. The Balaban J connectivity index is 4.17. The molecule has 0 atom stereocenters. The van der Waals surface area contributed by atoms with Gasteiger partial charge >= 0.3 is 0 Å². The molecule has 0 fully saturated rings. The average molecular weight is 210 g/mol. The van der Waals surface area contributed by atoms with Crippen molar-refractivity contribution in [2.24, 2.45) is 4.99 Å². The van der Waals surface area contributed by atoms with Crippen molar-refractivity contribution in [2.75, 3.05) is 6.54 Å². The number of hydrogen-bond acceptors (Lipinski definition) is 2. The van der Waals surface area contributed by atoms with Gasteiger partial charge in [-0.2, -0.15) is 0 Å². The average Bonchev–Trinajstić information content (AvgIpc) is 2.00. The van der Waals surface area contributed by atoms with E-state index in [2.05, 4.69) is 57.9 Å². The van der Waals surface area contributed by atoms with E-state index in [1.54, 1.807) is 0 Å². The molecule has 15 heavy (non-hydrogen) atoms. The summed E-state index contributed by atoms with van der Waals surface area (Å²) in [5.74, 6) is 0. The van der Waals surface area contributed by atoms with Crippen LogP contribution in [0.4, 0.5) is 0 Å². The van der Waals surface area contributed by atoms with E-state index >= 15 is 0 Å². The second-order valence-electron chi connectivity index (χ2n) is 5.03. The van der Waals surface area contributed by atoms with Gasteiger partial charge in [0.2, 0.25) is 0 Å². The largest absolute Gasteiger partial charge is 0.389 e. The van der Waals surface area contributed by atoms with E-state index in [1.165, 1.54) is 18.5 Å². The summed E-state index contributed by atoms with van der Waals surface area (Å²) in [6.45, 7) is 13.8. The Morgan fingerprint density at radius 1 is 1.27 bits per heavy atom. The molecule has 2 nitrogen and oxygen atoms in total. The number of nitrogens with zero attached hydrogens (tertiary/aromatic N) is 1. The zero-order valence-electron chi connectivity index (χ0n) is 11.1. The van der Waals surface area contributed by atoms with E-state index in [9.17, 15) is 0 Å². The van der Waals surface area contributed by atoms with Gasteiger partial charge in [-0.1, -0.05) is 13.3 Å². The Morgan fingerprint density at radius 3 is 2.33 bits per heavy atom. The highest BCUT2D eigenvalue weighted by atomic mass is 14.9. The summed E-state index contributed by atoms with van der Waals surface area (Å²) in [5, 5.41) is 3.38. The van der Waals surface area contributed by atoms with Crippen LogP contribution >= 0.6 is 0 Å². The Bertz CT molecular complexity index is 231. The lowest BCUT2D eigenvalue weighted by molar-refractivity contribution is 0.584. The van der Waals surface area contributed by atoms with Gasteiger partial charge in [-0.05, 0) is 47.1 Å². The predicted octanol–water partition coefficient (Wildman–Crippen LogP) is 3.54. The normalized spacial score (nSPS) is 14.3. The van der Waals surface area contributed by atoms with Crippen molar-refractivity contribution in [3.05, 3.63) is 11.8 Å². The van der Waals surface area contributed by atoms with E-state index in [1.807, 2.05) is 0 Å². The molecule has 0 aromatic carbocycles. The van der Waals surface area contributed by atoms with Gasteiger partial charge in [0.05, 0.1) is 5.54 Å². The highest BCUT2D eigenvalue weighted by Gasteiger charge is 2.06. The van der Waals surface area contributed by atoms with Crippen molar-refractivity contribution in [3.63, 3.8) is 0 Å². The fraction of sp³-hybridized carbons (Fsp3) is 0.769. The molecule has 0 aliphatic carbocycles. The predicted molar refractivity (Wildman–Crippen MR) is 69.5 cm³/mol. The Hall–Kier alpha value is -0.790. The molecule has 0 saturated heterocycles. The lowest BCUT2D eigenvalue weighted by Crippen LogP contribution is -2.15. The van der Waals surface area contributed by atoms with Crippen molar-refractivity contribution in [1.29, 1.82) is 0 Å². The van der Waals surface area contributed by atoms with Gasteiger partial charge in [0.25, 0.3) is 0 Å². The minimum atomic E-state index is 0.0181. The number of nitrogens with one attached hydrogen (secondary N) is 1. The summed E-state index contributed by atoms with van der Waals surface area (Å²) >= 11 is 0. The molecule has 0 saturated carbocycles. The molecule has 0 rings (SSSR count). The summed E-state index contributed by atoms with van der Waals surface area (Å²) in [5.41, 5.74) is 2.31. The van der Waals surface area contributed by atoms with Gasteiger partial charge in [-0.25, -0.2) is 0 Å². The van der Waals surface area contributed by atoms with Gasteiger partial charge in [0, 0.05) is 18.0 Å². The summed E-state index contributed by atoms with van der Waals surface area (Å²) in [7, 11) is 0. The van der Waals surface area contributed by atoms with E-state index in [-0.39, 0.29) is 5.54 Å². The number of aliphatic imine (C=N–C) groups is 1. The van der Waals surface area contributed by atoms with Crippen LogP contribution in [0.5, 0.6) is 0 Å². The quantitative estimate of drug-likeness (QED) is 0.545. The number of allylic oxidation sites excluding steroid dienone is 2. The first-order valence-corrected chi connectivity index (χ1v) is 5.84. The molecule has 2 heteroatoms. The molecule has 0 heterocycles. The first-order valence-electron chi connectivity index (χ1n) is 5.84. The highest BCUT2D eigenvalue weighted by Crippen LogP contribution is 2.07. The highest BCUT2D eigenvalue weighted by molar-refractivity contribution is 5.93. The van der Waals surface area contributed by atoms with Crippen LogP contribution in [0.3, 0.4) is 0 Å². The molecule has 0 aromatic heterocycles. The van der Waals surface area contributed by atoms with Gasteiger partial charge < -0.3 is 5.32 Å². The zero-order valence-corrected chi connectivity index (χ0v) is 11.1. The smallest absolute Gasteiger partial charge is 0.0527 e. The van der Waals surface area contributed by atoms with Crippen molar-refractivity contribution in [1.82, 2.24) is 5.32 Å². The van der Waals surface area contributed by atoms with E-state index in [0.29, 0.717) is 0 Å². The zero-order chi connectivity index (χ0) is 11.9. The fourth-order valence-corrected chi connectivity index (χ4v) is 1.39. The minimum Gasteiger partial charge on any atom is -0.389 e. The molecule has 0 aliphatic heterocycles. The number of hydrogen-bond donors (Lipinski definition) is 1. The van der Waals surface area contributed by atoms with Gasteiger partial charge in [-0.15, -0.1) is 0 Å². The second kappa shape index (κ2) is 6.65. The van der Waals surface area contributed by atoms with E-state index < -0.39 is 0 Å². The number of rotatable bonds is 5. The summed E-state index contributed by atoms with van der Waals surface area (Å²) in [6.07, 6.45) is 4.57. The summed E-state index contributed by atoms with van der Waals surface area (Å²) in [6, 6.07) is 0. The topological polar surface area (TPSA) is 24.4 Å². The molecule has 88 valence electrons. The SMILES string of the molecule is CCCCNC(C)=CC(C)=NC(C)(C)C. The van der Waals surface area contributed by atoms with Crippen LogP contribution in [0.2, 0.25) is 0 Å². The van der Waals surface area contributed by atoms with Crippen LogP contribution in [-0.2, 0) is 0 Å². The first kappa shape index (κ1) is 14.2. The molecular formula is C13H26N2. The van der Waals surface area contributed by atoms with Crippen LogP contribution < -0.4 is 5.32 Å². The van der Waals surface area contributed by atoms with Crippen molar-refractivity contribution < 1.29 is 0 Å². The van der Waals surface area contributed by atoms with Crippen LogP contribution in [0.1, 0.15) is 54.4 Å². The van der Waals surface area contributed by atoms with E-state index in [0.717, 1.165) is 12.3 Å². The Labute approximate surface area is 94.9 Å². The van der Waals surface area contributed by atoms with Gasteiger partial charge in [0.1, 0.15) is 0 Å². The van der Waals surface area contributed by atoms with E-state index in [4.69, 9.17) is 0 Å². The molecule has 0 aromatic rings. The monoisotopic (exact) mass is 210 g/mol. The third kappa shape index (κ3) is 9.51. The maximum atomic E-state index is 4.58. The minimum absolute atomic E-state index is 0.0181. The van der Waals surface area contributed by atoms with Crippen molar-refractivity contribution in [3.8, 4) is 0 Å². The molecule has 0 amide bonds. The molecule has 0 aliphatic rings. The third-order valence-electron chi connectivity index (χ3n) is 1.87. The molecule has 0 unspecified atom stereocenters. The van der Waals surface area contributed by atoms with Gasteiger partial charge in [-0.3, -0.25) is 4.99 Å². The third-order valence-corrected chi connectivity index (χ3v) is 1.87. The molecule has 0 spiro atoms. The summed E-state index contributed by atoms with van der Waals surface area (Å²) in [4.78, 5) is 4.58. The van der Waals surface area contributed by atoms with Crippen LogP contribution in [-0.4, -0.2) is 17.8 Å².